The maximum absolute atomic E-state index is 12.9. The number of nitriles is 1. The van der Waals surface area contributed by atoms with Crippen LogP contribution in [0.4, 0.5) is 24.7 Å². The molecule has 2 aromatic heterocycles. The lowest BCUT2D eigenvalue weighted by atomic mass is 9.65. The van der Waals surface area contributed by atoms with Crippen LogP contribution in [0.15, 0.2) is 30.6 Å². The van der Waals surface area contributed by atoms with E-state index >= 15 is 0 Å². The van der Waals surface area contributed by atoms with Gasteiger partial charge in [-0.15, -0.1) is 11.3 Å². The van der Waals surface area contributed by atoms with Gasteiger partial charge in [0.15, 0.2) is 0 Å². The van der Waals surface area contributed by atoms with E-state index < -0.39 is 12.6 Å². The van der Waals surface area contributed by atoms with Crippen LogP contribution in [0, 0.1) is 16.7 Å². The predicted octanol–water partition coefficient (Wildman–Crippen LogP) is 4.22. The summed E-state index contributed by atoms with van der Waals surface area (Å²) in [6.07, 6.45) is -0.734. The first-order valence-electron chi connectivity index (χ1n) is 11.9. The van der Waals surface area contributed by atoms with E-state index in [2.05, 4.69) is 31.6 Å². The number of fused-ring (bicyclic) bond motifs is 1. The maximum Gasteiger partial charge on any atom is 0.393 e. The molecule has 3 aromatic rings. The summed E-state index contributed by atoms with van der Waals surface area (Å²) < 4.78 is 38.6. The molecule has 0 amide bonds. The molecule has 1 aliphatic carbocycles. The average Bonchev–Trinajstić information content (AvgIpc) is 3.42. The van der Waals surface area contributed by atoms with Crippen molar-refractivity contribution in [2.45, 2.75) is 44.4 Å². The molecule has 1 aliphatic heterocycles. The second-order valence-corrected chi connectivity index (χ2v) is 10.8. The number of anilines is 2. The molecular formula is C25H27F3N6OS. The Morgan fingerprint density at radius 1 is 1.25 bits per heavy atom. The van der Waals surface area contributed by atoms with E-state index in [4.69, 9.17) is 5.11 Å². The summed E-state index contributed by atoms with van der Waals surface area (Å²) in [6.45, 7) is 2.68. The van der Waals surface area contributed by atoms with Crippen LogP contribution in [0.1, 0.15) is 35.3 Å². The number of aliphatic hydroxyl groups is 1. The molecule has 1 aromatic carbocycles. The van der Waals surface area contributed by atoms with E-state index in [1.54, 1.807) is 6.07 Å². The number of nitrogens with one attached hydrogen (secondary N) is 2. The fourth-order valence-electron chi connectivity index (χ4n) is 5.44. The fourth-order valence-corrected chi connectivity index (χ4v) is 6.46. The van der Waals surface area contributed by atoms with Gasteiger partial charge in [-0.25, -0.2) is 9.97 Å². The minimum atomic E-state index is -4.24. The summed E-state index contributed by atoms with van der Waals surface area (Å²) in [5.74, 6) is 0.727. The number of hydrogen-bond acceptors (Lipinski definition) is 8. The maximum atomic E-state index is 12.9. The Morgan fingerprint density at radius 2 is 2.08 bits per heavy atom. The van der Waals surface area contributed by atoms with Crippen LogP contribution in [0.5, 0.6) is 0 Å². The van der Waals surface area contributed by atoms with E-state index in [9.17, 15) is 18.4 Å². The highest BCUT2D eigenvalue weighted by Gasteiger charge is 2.49. The largest absolute Gasteiger partial charge is 0.395 e. The lowest BCUT2D eigenvalue weighted by Gasteiger charge is -2.46. The van der Waals surface area contributed by atoms with Crippen molar-refractivity contribution in [3.05, 3.63) is 46.6 Å². The molecular weight excluding hydrogens is 489 g/mol. The second kappa shape index (κ2) is 9.84. The Bertz CT molecular complexity index is 1280. The topological polar surface area (TPSA) is 97.1 Å². The van der Waals surface area contributed by atoms with Crippen LogP contribution in [0.2, 0.25) is 0 Å². The van der Waals surface area contributed by atoms with Gasteiger partial charge in [0, 0.05) is 42.8 Å². The molecule has 0 atom stereocenters. The molecule has 190 valence electrons. The molecule has 0 unspecified atom stereocenters. The molecule has 1 spiro atoms. The summed E-state index contributed by atoms with van der Waals surface area (Å²) in [4.78, 5) is 11.7. The minimum Gasteiger partial charge on any atom is -0.395 e. The Morgan fingerprint density at radius 3 is 2.83 bits per heavy atom. The van der Waals surface area contributed by atoms with E-state index in [0.29, 0.717) is 34.9 Å². The summed E-state index contributed by atoms with van der Waals surface area (Å²) in [5, 5.41) is 25.8. The number of hydrogen-bond donors (Lipinski definition) is 3. The van der Waals surface area contributed by atoms with E-state index in [0.717, 1.165) is 60.8 Å². The van der Waals surface area contributed by atoms with Gasteiger partial charge >= 0.3 is 6.18 Å². The number of halogens is 3. The Hall–Kier alpha value is -2.94. The second-order valence-electron chi connectivity index (χ2n) is 9.73. The highest BCUT2D eigenvalue weighted by atomic mass is 32.1. The molecule has 7 nitrogen and oxygen atoms in total. The van der Waals surface area contributed by atoms with Crippen LogP contribution in [0.3, 0.4) is 0 Å². The van der Waals surface area contributed by atoms with Gasteiger partial charge in [0.25, 0.3) is 0 Å². The average molecular weight is 517 g/mol. The smallest absolute Gasteiger partial charge is 0.393 e. The molecule has 0 radical (unpaired) electrons. The third-order valence-corrected chi connectivity index (χ3v) is 8.07. The lowest BCUT2D eigenvalue weighted by molar-refractivity contribution is -0.126. The molecule has 36 heavy (non-hydrogen) atoms. The highest BCUT2D eigenvalue weighted by molar-refractivity contribution is 7.18. The van der Waals surface area contributed by atoms with Crippen molar-refractivity contribution < 1.29 is 18.3 Å². The van der Waals surface area contributed by atoms with Crippen molar-refractivity contribution in [2.24, 2.45) is 5.41 Å². The van der Waals surface area contributed by atoms with Gasteiger partial charge in [-0.1, -0.05) is 0 Å². The quantitative estimate of drug-likeness (QED) is 0.386. The van der Waals surface area contributed by atoms with E-state index in [1.807, 2.05) is 18.2 Å². The summed E-state index contributed by atoms with van der Waals surface area (Å²) in [6, 6.07) is 9.86. The number of rotatable bonds is 8. The Labute approximate surface area is 211 Å². The van der Waals surface area contributed by atoms with Crippen LogP contribution < -0.4 is 15.5 Å². The van der Waals surface area contributed by atoms with Crippen LogP contribution in [-0.2, 0) is 13.0 Å². The molecule has 1 saturated carbocycles. The Kier molecular flexibility index (Phi) is 6.76. The molecule has 3 N–H and O–H groups in total. The molecule has 11 heteroatoms. The van der Waals surface area contributed by atoms with Crippen LogP contribution in [0.25, 0.3) is 10.2 Å². The van der Waals surface area contributed by atoms with Crippen molar-refractivity contribution >= 4 is 33.1 Å². The zero-order chi connectivity index (χ0) is 25.3. The first-order valence-corrected chi connectivity index (χ1v) is 12.8. The number of nitrogens with zero attached hydrogens (tertiary/aromatic N) is 4. The number of aliphatic hydroxyl groups excluding tert-OH is 1. The lowest BCUT2D eigenvalue weighted by Crippen LogP contribution is -2.46. The predicted molar refractivity (Wildman–Crippen MR) is 133 cm³/mol. The van der Waals surface area contributed by atoms with Crippen molar-refractivity contribution in [3.8, 4) is 6.07 Å². The zero-order valence-electron chi connectivity index (χ0n) is 19.6. The van der Waals surface area contributed by atoms with Gasteiger partial charge in [-0.3, -0.25) is 0 Å². The first-order chi connectivity index (χ1) is 17.3. The van der Waals surface area contributed by atoms with Gasteiger partial charge in [0.05, 0.1) is 30.0 Å². The molecule has 2 fully saturated rings. The summed E-state index contributed by atoms with van der Waals surface area (Å²) in [5.41, 5.74) is 2.64. The van der Waals surface area contributed by atoms with Crippen LogP contribution in [-0.4, -0.2) is 53.5 Å². The van der Waals surface area contributed by atoms with Crippen molar-refractivity contribution in [1.82, 2.24) is 15.3 Å². The molecule has 3 heterocycles. The number of benzene rings is 1. The van der Waals surface area contributed by atoms with Gasteiger partial charge in [-0.05, 0) is 54.5 Å². The first kappa shape index (κ1) is 24.7. The number of thiophene rings is 1. The standard InChI is InChI=1S/C25H27F3N6OS/c26-25(27,28)11-20-8-21-22(31-15-32-23(21)36-20)34-5-3-24(14-34)9-19(10-24)33-18-2-1-16(12-29)17(7-18)13-30-4-6-35/h1-2,7-8,15,19,30,33,35H,3-6,9-11,13-14H2. The normalized spacial score (nSPS) is 21.6. The number of alkyl halides is 3. The van der Waals surface area contributed by atoms with E-state index in [-0.39, 0.29) is 16.9 Å². The van der Waals surface area contributed by atoms with E-state index in [1.165, 1.54) is 6.33 Å². The van der Waals surface area contributed by atoms with Crippen molar-refractivity contribution in [3.63, 3.8) is 0 Å². The molecule has 5 rings (SSSR count). The molecule has 1 saturated heterocycles. The van der Waals surface area contributed by atoms with Gasteiger partial charge in [-0.2, -0.15) is 18.4 Å². The highest BCUT2D eigenvalue weighted by Crippen LogP contribution is 2.50. The fraction of sp³-hybridized carbons (Fsp3) is 0.480. The van der Waals surface area contributed by atoms with Crippen molar-refractivity contribution in [2.75, 3.05) is 36.5 Å². The molecule has 0 bridgehead atoms. The summed E-state index contributed by atoms with van der Waals surface area (Å²) >= 11 is 1.08. The number of aromatic nitrogens is 2. The SMILES string of the molecule is N#Cc1ccc(NC2CC3(CCN(c4ncnc5sc(CC(F)(F)F)cc45)C3)C2)cc1CNCCO. The van der Waals surface area contributed by atoms with Gasteiger partial charge in [0.1, 0.15) is 17.0 Å². The molecule has 2 aliphatic rings. The van der Waals surface area contributed by atoms with Gasteiger partial charge < -0.3 is 20.6 Å². The van der Waals surface area contributed by atoms with Crippen molar-refractivity contribution in [1.29, 1.82) is 5.26 Å². The third-order valence-electron chi connectivity index (χ3n) is 7.03. The monoisotopic (exact) mass is 516 g/mol. The Balaban J connectivity index is 1.22. The zero-order valence-corrected chi connectivity index (χ0v) is 20.4. The minimum absolute atomic E-state index is 0.0443. The summed E-state index contributed by atoms with van der Waals surface area (Å²) in [7, 11) is 0. The van der Waals surface area contributed by atoms with Gasteiger partial charge in [0.2, 0.25) is 0 Å². The third kappa shape index (κ3) is 5.26. The van der Waals surface area contributed by atoms with Crippen LogP contribution >= 0.6 is 11.3 Å².